The van der Waals surface area contributed by atoms with Gasteiger partial charge in [0.2, 0.25) is 5.91 Å². The molecule has 5 nitrogen and oxygen atoms in total. The second-order valence-corrected chi connectivity index (χ2v) is 3.08. The van der Waals surface area contributed by atoms with Crippen molar-refractivity contribution in [2.45, 2.75) is 6.04 Å². The lowest BCUT2D eigenvalue weighted by atomic mass is 10.1. The Kier molecular flexibility index (Phi) is 4.28. The molecule has 0 saturated heterocycles. The molecule has 0 saturated carbocycles. The first-order valence-electron chi connectivity index (χ1n) is 4.46. The molecule has 1 aliphatic heterocycles. The number of nitrogens with one attached hydrogen (secondary N) is 1. The highest BCUT2D eigenvalue weighted by Gasteiger charge is 2.18. The zero-order valence-corrected chi connectivity index (χ0v) is 7.76. The molecule has 0 radical (unpaired) electrons. The molecule has 0 aliphatic carbocycles. The monoisotopic (exact) mass is 198 g/mol. The van der Waals surface area contributed by atoms with Crippen LogP contribution in [0.5, 0.6) is 0 Å². The zero-order valence-electron chi connectivity index (χ0n) is 7.76. The van der Waals surface area contributed by atoms with E-state index in [-0.39, 0.29) is 25.0 Å². The minimum Gasteiger partial charge on any atom is -0.394 e. The molecule has 1 aliphatic rings. The molecule has 0 fully saturated rings. The maximum atomic E-state index is 11.5. The second kappa shape index (κ2) is 5.51. The Labute approximate surface area is 82.2 Å². The van der Waals surface area contributed by atoms with Gasteiger partial charge in [-0.25, -0.2) is 0 Å². The van der Waals surface area contributed by atoms with Crippen LogP contribution < -0.4 is 5.32 Å². The van der Waals surface area contributed by atoms with Crippen molar-refractivity contribution < 1.29 is 15.0 Å². The van der Waals surface area contributed by atoms with Crippen LogP contribution in [0.25, 0.3) is 0 Å². The molecule has 0 bridgehead atoms. The fourth-order valence-corrected chi connectivity index (χ4v) is 1.11. The van der Waals surface area contributed by atoms with Crippen LogP contribution in [0.4, 0.5) is 0 Å². The van der Waals surface area contributed by atoms with Crippen molar-refractivity contribution in [1.82, 2.24) is 5.32 Å². The number of hydrogen-bond donors (Lipinski definition) is 3. The first kappa shape index (κ1) is 10.9. The molecule has 0 aromatic heterocycles. The normalized spacial score (nSPS) is 20.1. The van der Waals surface area contributed by atoms with E-state index < -0.39 is 6.04 Å². The number of dihydropyridines is 1. The maximum absolute atomic E-state index is 11.5. The Morgan fingerprint density at radius 3 is 2.79 bits per heavy atom. The van der Waals surface area contributed by atoms with E-state index >= 15 is 0 Å². The van der Waals surface area contributed by atoms with Crippen molar-refractivity contribution in [1.29, 1.82) is 0 Å². The molecule has 1 unspecified atom stereocenters. The summed E-state index contributed by atoms with van der Waals surface area (Å²) in [5.41, 5.74) is 0. The standard InChI is InChI=1S/C9H14N2O3/c12-5-8(6-13)11-9(14)7-2-1-3-10-4-7/h1-3,7-8,12-13H,4-6H2,(H,11,14). The highest BCUT2D eigenvalue weighted by molar-refractivity contribution is 5.84. The number of amides is 1. The number of aliphatic imine (C=N–C) groups is 1. The third kappa shape index (κ3) is 2.93. The SMILES string of the molecule is O=C(NC(CO)CO)C1C=CC=NC1. The third-order valence-electron chi connectivity index (χ3n) is 1.96. The van der Waals surface area contributed by atoms with Crippen molar-refractivity contribution in [3.8, 4) is 0 Å². The van der Waals surface area contributed by atoms with E-state index in [0.717, 1.165) is 0 Å². The molecular formula is C9H14N2O3. The number of nitrogens with zero attached hydrogens (tertiary/aromatic N) is 1. The molecule has 0 aromatic rings. The summed E-state index contributed by atoms with van der Waals surface area (Å²) in [6.45, 7) is -0.101. The van der Waals surface area contributed by atoms with Crippen LogP contribution in [0.2, 0.25) is 0 Å². The summed E-state index contributed by atoms with van der Waals surface area (Å²) in [5.74, 6) is -0.508. The van der Waals surface area contributed by atoms with Gasteiger partial charge in [0, 0.05) is 6.21 Å². The summed E-state index contributed by atoms with van der Waals surface area (Å²) < 4.78 is 0. The molecular weight excluding hydrogens is 184 g/mol. The third-order valence-corrected chi connectivity index (χ3v) is 1.96. The van der Waals surface area contributed by atoms with Gasteiger partial charge >= 0.3 is 0 Å². The van der Waals surface area contributed by atoms with Gasteiger partial charge in [-0.2, -0.15) is 0 Å². The first-order chi connectivity index (χ1) is 6.77. The van der Waals surface area contributed by atoms with Gasteiger partial charge in [-0.3, -0.25) is 9.79 Å². The average molecular weight is 198 g/mol. The number of aliphatic hydroxyl groups excluding tert-OH is 2. The lowest BCUT2D eigenvalue weighted by molar-refractivity contribution is -0.124. The summed E-state index contributed by atoms with van der Waals surface area (Å²) in [6.07, 6.45) is 5.09. The highest BCUT2D eigenvalue weighted by atomic mass is 16.3. The molecule has 1 amide bonds. The smallest absolute Gasteiger partial charge is 0.229 e. The van der Waals surface area contributed by atoms with Gasteiger partial charge in [0.25, 0.3) is 0 Å². The molecule has 1 atom stereocenters. The topological polar surface area (TPSA) is 81.9 Å². The van der Waals surface area contributed by atoms with E-state index in [9.17, 15) is 4.79 Å². The molecule has 3 N–H and O–H groups in total. The molecule has 14 heavy (non-hydrogen) atoms. The molecule has 1 rings (SSSR count). The van der Waals surface area contributed by atoms with Crippen LogP contribution in [0.3, 0.4) is 0 Å². The van der Waals surface area contributed by atoms with Crippen LogP contribution in [0, 0.1) is 5.92 Å². The number of hydrogen-bond acceptors (Lipinski definition) is 4. The average Bonchev–Trinajstić information content (AvgIpc) is 2.26. The summed E-state index contributed by atoms with van der Waals surface area (Å²) in [5, 5.41) is 20.0. The molecule has 0 spiro atoms. The summed E-state index contributed by atoms with van der Waals surface area (Å²) in [4.78, 5) is 15.4. The fraction of sp³-hybridized carbons (Fsp3) is 0.556. The Morgan fingerprint density at radius 1 is 1.57 bits per heavy atom. The Morgan fingerprint density at radius 2 is 2.29 bits per heavy atom. The number of aliphatic hydroxyl groups is 2. The largest absolute Gasteiger partial charge is 0.394 e. The molecule has 0 aromatic carbocycles. The van der Waals surface area contributed by atoms with Gasteiger partial charge in [0.05, 0.1) is 31.7 Å². The van der Waals surface area contributed by atoms with Crippen molar-refractivity contribution in [3.63, 3.8) is 0 Å². The van der Waals surface area contributed by atoms with E-state index in [1.807, 2.05) is 0 Å². The van der Waals surface area contributed by atoms with Crippen LogP contribution in [0.15, 0.2) is 17.1 Å². The van der Waals surface area contributed by atoms with Crippen LogP contribution in [0.1, 0.15) is 0 Å². The second-order valence-electron chi connectivity index (χ2n) is 3.08. The van der Waals surface area contributed by atoms with Gasteiger partial charge in [-0.05, 0) is 6.08 Å². The van der Waals surface area contributed by atoms with E-state index in [1.165, 1.54) is 0 Å². The van der Waals surface area contributed by atoms with Gasteiger partial charge < -0.3 is 15.5 Å². The summed E-state index contributed by atoms with van der Waals surface area (Å²) >= 11 is 0. The van der Waals surface area contributed by atoms with Gasteiger partial charge in [-0.1, -0.05) is 6.08 Å². The number of rotatable bonds is 4. The molecule has 5 heteroatoms. The fourth-order valence-electron chi connectivity index (χ4n) is 1.11. The Hall–Kier alpha value is -1.20. The molecule has 78 valence electrons. The van der Waals surface area contributed by atoms with Crippen molar-refractivity contribution >= 4 is 12.1 Å². The predicted octanol–water partition coefficient (Wildman–Crippen LogP) is -1.29. The number of allylic oxidation sites excluding steroid dienone is 1. The van der Waals surface area contributed by atoms with E-state index in [0.29, 0.717) is 6.54 Å². The Bertz CT molecular complexity index is 246. The summed E-state index contributed by atoms with van der Waals surface area (Å²) in [7, 11) is 0. The molecule has 1 heterocycles. The number of carbonyl (C=O) groups excluding carboxylic acids is 1. The quantitative estimate of drug-likeness (QED) is 0.526. The minimum atomic E-state index is -0.582. The van der Waals surface area contributed by atoms with Crippen molar-refractivity contribution in [3.05, 3.63) is 12.2 Å². The Balaban J connectivity index is 2.41. The highest BCUT2D eigenvalue weighted by Crippen LogP contribution is 2.03. The van der Waals surface area contributed by atoms with Crippen molar-refractivity contribution in [2.24, 2.45) is 10.9 Å². The zero-order chi connectivity index (χ0) is 10.4. The lowest BCUT2D eigenvalue weighted by Crippen LogP contribution is -2.43. The van der Waals surface area contributed by atoms with E-state index in [2.05, 4.69) is 10.3 Å². The summed E-state index contributed by atoms with van der Waals surface area (Å²) in [6, 6.07) is -0.582. The van der Waals surface area contributed by atoms with Crippen LogP contribution in [-0.4, -0.2) is 48.1 Å². The first-order valence-corrected chi connectivity index (χ1v) is 4.46. The minimum absolute atomic E-state index is 0.216. The van der Waals surface area contributed by atoms with E-state index in [4.69, 9.17) is 10.2 Å². The van der Waals surface area contributed by atoms with Crippen LogP contribution >= 0.6 is 0 Å². The van der Waals surface area contributed by atoms with Crippen molar-refractivity contribution in [2.75, 3.05) is 19.8 Å². The van der Waals surface area contributed by atoms with Gasteiger partial charge in [0.15, 0.2) is 0 Å². The maximum Gasteiger partial charge on any atom is 0.229 e. The van der Waals surface area contributed by atoms with Gasteiger partial charge in [-0.15, -0.1) is 0 Å². The predicted molar refractivity (Wildman–Crippen MR) is 52.1 cm³/mol. The number of carbonyl (C=O) groups is 1. The van der Waals surface area contributed by atoms with Gasteiger partial charge in [0.1, 0.15) is 0 Å². The van der Waals surface area contributed by atoms with Crippen LogP contribution in [-0.2, 0) is 4.79 Å². The lowest BCUT2D eigenvalue weighted by Gasteiger charge is -2.17. The van der Waals surface area contributed by atoms with E-state index in [1.54, 1.807) is 18.4 Å².